The van der Waals surface area contributed by atoms with Crippen LogP contribution in [0.15, 0.2) is 48.7 Å². The summed E-state index contributed by atoms with van der Waals surface area (Å²) in [6.45, 7) is 0. The summed E-state index contributed by atoms with van der Waals surface area (Å²) >= 11 is 23.5. The number of hydrogen-bond acceptors (Lipinski definition) is 1. The molecule has 2 nitrogen and oxygen atoms in total. The molecule has 3 rings (SSSR count). The molecule has 21 heavy (non-hydrogen) atoms. The molecule has 0 unspecified atom stereocenters. The Morgan fingerprint density at radius 3 is 2.48 bits per heavy atom. The third-order valence-electron chi connectivity index (χ3n) is 3.06. The molecule has 0 amide bonds. The number of H-pyrrole nitrogens is 1. The van der Waals surface area contributed by atoms with Crippen LogP contribution in [0.1, 0.15) is 0 Å². The lowest BCUT2D eigenvalue weighted by molar-refractivity contribution is 1.04. The van der Waals surface area contributed by atoms with E-state index in [4.69, 9.17) is 47.0 Å². The molecule has 0 spiro atoms. The highest BCUT2D eigenvalue weighted by molar-refractivity contribution is 7.71. The van der Waals surface area contributed by atoms with Crippen LogP contribution in [-0.2, 0) is 0 Å². The first kappa shape index (κ1) is 14.7. The van der Waals surface area contributed by atoms with Crippen molar-refractivity contribution in [3.8, 4) is 16.9 Å². The van der Waals surface area contributed by atoms with Crippen molar-refractivity contribution >= 4 is 47.0 Å². The van der Waals surface area contributed by atoms with Crippen molar-refractivity contribution in [2.75, 3.05) is 0 Å². The molecular formula is C15H9Cl3N2S. The van der Waals surface area contributed by atoms with Gasteiger partial charge in [0.05, 0.1) is 15.7 Å². The number of imidazole rings is 1. The molecule has 0 fully saturated rings. The Hall–Kier alpha value is -1.26. The topological polar surface area (TPSA) is 20.7 Å². The van der Waals surface area contributed by atoms with Gasteiger partial charge in [-0.3, -0.25) is 4.57 Å². The van der Waals surface area contributed by atoms with E-state index in [1.165, 1.54) is 0 Å². The number of nitrogens with one attached hydrogen (secondary N) is 1. The zero-order valence-corrected chi connectivity index (χ0v) is 13.7. The van der Waals surface area contributed by atoms with Crippen LogP contribution in [-0.4, -0.2) is 9.55 Å². The van der Waals surface area contributed by atoms with E-state index in [1.54, 1.807) is 6.07 Å². The fourth-order valence-electron chi connectivity index (χ4n) is 2.11. The van der Waals surface area contributed by atoms with E-state index in [0.29, 0.717) is 19.8 Å². The van der Waals surface area contributed by atoms with Gasteiger partial charge in [0.15, 0.2) is 4.77 Å². The predicted molar refractivity (Wildman–Crippen MR) is 91.4 cm³/mol. The van der Waals surface area contributed by atoms with Crippen molar-refractivity contribution in [2.24, 2.45) is 0 Å². The minimum absolute atomic E-state index is 0.499. The molecule has 0 aliphatic rings. The van der Waals surface area contributed by atoms with Gasteiger partial charge in [-0.15, -0.1) is 0 Å². The van der Waals surface area contributed by atoms with Gasteiger partial charge in [0.25, 0.3) is 0 Å². The molecule has 0 atom stereocenters. The van der Waals surface area contributed by atoms with Crippen LogP contribution in [0.2, 0.25) is 15.1 Å². The van der Waals surface area contributed by atoms with E-state index in [9.17, 15) is 0 Å². The Bertz CT molecular complexity index is 867. The van der Waals surface area contributed by atoms with Gasteiger partial charge in [-0.2, -0.15) is 0 Å². The minimum Gasteiger partial charge on any atom is -0.336 e. The molecule has 3 aromatic rings. The highest BCUT2D eigenvalue weighted by atomic mass is 35.5. The summed E-state index contributed by atoms with van der Waals surface area (Å²) in [5.74, 6) is 0. The van der Waals surface area contributed by atoms with Crippen LogP contribution in [0.5, 0.6) is 0 Å². The predicted octanol–water partition coefficient (Wildman–Crippen LogP) is 6.16. The van der Waals surface area contributed by atoms with Gasteiger partial charge in [0.2, 0.25) is 0 Å². The lowest BCUT2D eigenvalue weighted by atomic mass is 10.1. The summed E-state index contributed by atoms with van der Waals surface area (Å²) in [4.78, 5) is 3.05. The standard InChI is InChI=1S/C15H9Cl3N2S/c16-10-2-1-3-11(7-10)20-14(8-19-15(20)21)9-4-5-12(17)13(18)6-9/h1-8H,(H,19,21). The summed E-state index contributed by atoms with van der Waals surface area (Å²) in [6, 6.07) is 13.0. The number of halogens is 3. The van der Waals surface area contributed by atoms with E-state index >= 15 is 0 Å². The Kier molecular flexibility index (Phi) is 4.09. The molecule has 6 heteroatoms. The second-order valence-corrected chi connectivity index (χ2v) is 6.06. The monoisotopic (exact) mass is 354 g/mol. The van der Waals surface area contributed by atoms with Crippen molar-refractivity contribution in [1.82, 2.24) is 9.55 Å². The maximum absolute atomic E-state index is 6.10. The summed E-state index contributed by atoms with van der Waals surface area (Å²) in [5.41, 5.74) is 2.69. The maximum Gasteiger partial charge on any atom is 0.182 e. The van der Waals surface area contributed by atoms with Gasteiger partial charge >= 0.3 is 0 Å². The first-order chi connectivity index (χ1) is 10.1. The van der Waals surface area contributed by atoms with E-state index in [0.717, 1.165) is 16.9 Å². The molecule has 0 radical (unpaired) electrons. The SMILES string of the molecule is S=c1[nH]cc(-c2ccc(Cl)c(Cl)c2)n1-c1cccc(Cl)c1. The lowest BCUT2D eigenvalue weighted by Crippen LogP contribution is -1.96. The number of hydrogen-bond donors (Lipinski definition) is 1. The largest absolute Gasteiger partial charge is 0.336 e. The molecule has 1 aromatic heterocycles. The van der Waals surface area contributed by atoms with Crippen molar-refractivity contribution in [1.29, 1.82) is 0 Å². The summed E-state index contributed by atoms with van der Waals surface area (Å²) in [5, 5.41) is 1.67. The smallest absolute Gasteiger partial charge is 0.182 e. The third kappa shape index (κ3) is 2.87. The molecular weight excluding hydrogens is 347 g/mol. The fraction of sp³-hybridized carbons (Fsp3) is 0. The first-order valence-corrected chi connectivity index (χ1v) is 7.62. The zero-order chi connectivity index (χ0) is 15.0. The number of aromatic nitrogens is 2. The summed E-state index contributed by atoms with van der Waals surface area (Å²) in [7, 11) is 0. The van der Waals surface area contributed by atoms with Crippen molar-refractivity contribution in [2.45, 2.75) is 0 Å². The van der Waals surface area contributed by atoms with E-state index in [-0.39, 0.29) is 0 Å². The molecule has 0 bridgehead atoms. The van der Waals surface area contributed by atoms with Crippen molar-refractivity contribution in [3.05, 3.63) is 68.5 Å². The zero-order valence-electron chi connectivity index (χ0n) is 10.6. The van der Waals surface area contributed by atoms with Crippen LogP contribution >= 0.6 is 47.0 Å². The Morgan fingerprint density at radius 1 is 0.952 bits per heavy atom. The maximum atomic E-state index is 6.10. The molecule has 0 saturated heterocycles. The normalized spacial score (nSPS) is 10.8. The number of aromatic amines is 1. The first-order valence-electron chi connectivity index (χ1n) is 6.08. The average molecular weight is 356 g/mol. The average Bonchev–Trinajstić information content (AvgIpc) is 2.84. The van der Waals surface area contributed by atoms with Gasteiger partial charge in [0, 0.05) is 22.5 Å². The second kappa shape index (κ2) is 5.85. The fourth-order valence-corrected chi connectivity index (χ4v) is 2.85. The van der Waals surface area contributed by atoms with Gasteiger partial charge in [-0.1, -0.05) is 46.9 Å². The van der Waals surface area contributed by atoms with Gasteiger partial charge in [-0.05, 0) is 42.5 Å². The summed E-state index contributed by atoms with van der Waals surface area (Å²) in [6.07, 6.45) is 1.84. The van der Waals surface area contributed by atoms with Crippen LogP contribution in [0.3, 0.4) is 0 Å². The van der Waals surface area contributed by atoms with Crippen molar-refractivity contribution < 1.29 is 0 Å². The highest BCUT2D eigenvalue weighted by Crippen LogP contribution is 2.30. The van der Waals surface area contributed by atoms with Crippen molar-refractivity contribution in [3.63, 3.8) is 0 Å². The van der Waals surface area contributed by atoms with E-state index < -0.39 is 0 Å². The Balaban J connectivity index is 2.21. The third-order valence-corrected chi connectivity index (χ3v) is 4.33. The quantitative estimate of drug-likeness (QED) is 0.546. The molecule has 0 aliphatic carbocycles. The number of rotatable bonds is 2. The Morgan fingerprint density at radius 2 is 1.76 bits per heavy atom. The van der Waals surface area contributed by atoms with Gasteiger partial charge in [-0.25, -0.2) is 0 Å². The lowest BCUT2D eigenvalue weighted by Gasteiger charge is -2.09. The van der Waals surface area contributed by atoms with Crippen LogP contribution in [0.25, 0.3) is 16.9 Å². The van der Waals surface area contributed by atoms with Crippen LogP contribution in [0.4, 0.5) is 0 Å². The minimum atomic E-state index is 0.499. The molecule has 1 N–H and O–H groups in total. The van der Waals surface area contributed by atoms with E-state index in [1.807, 2.05) is 47.2 Å². The second-order valence-electron chi connectivity index (χ2n) is 4.42. The van der Waals surface area contributed by atoms with Crippen LogP contribution < -0.4 is 0 Å². The van der Waals surface area contributed by atoms with E-state index in [2.05, 4.69) is 4.98 Å². The van der Waals surface area contributed by atoms with Gasteiger partial charge < -0.3 is 4.98 Å². The molecule has 1 heterocycles. The molecule has 0 aliphatic heterocycles. The van der Waals surface area contributed by atoms with Crippen LogP contribution in [0, 0.1) is 4.77 Å². The molecule has 0 saturated carbocycles. The number of nitrogens with zero attached hydrogens (tertiary/aromatic N) is 1. The molecule has 106 valence electrons. The highest BCUT2D eigenvalue weighted by Gasteiger charge is 2.10. The van der Waals surface area contributed by atoms with Gasteiger partial charge in [0.1, 0.15) is 0 Å². The summed E-state index contributed by atoms with van der Waals surface area (Å²) < 4.78 is 2.49. The Labute approximate surface area is 141 Å². The molecule has 2 aromatic carbocycles. The number of benzene rings is 2.